The van der Waals surface area contributed by atoms with Crippen LogP contribution in [0.1, 0.15) is 74.0 Å². The van der Waals surface area contributed by atoms with Crippen molar-refractivity contribution in [2.24, 2.45) is 22.7 Å². The van der Waals surface area contributed by atoms with E-state index in [2.05, 4.69) is 29.6 Å². The lowest BCUT2D eigenvalue weighted by Crippen LogP contribution is -2.49. The van der Waals surface area contributed by atoms with E-state index in [1.54, 1.807) is 6.08 Å². The summed E-state index contributed by atoms with van der Waals surface area (Å²) in [6.07, 6.45) is 9.00. The highest BCUT2D eigenvalue weighted by atomic mass is 31.3. The van der Waals surface area contributed by atoms with E-state index in [4.69, 9.17) is 11.2 Å². The topological polar surface area (TPSA) is 113 Å². The van der Waals surface area contributed by atoms with Crippen molar-refractivity contribution in [3.05, 3.63) is 23.8 Å². The molecule has 0 spiro atoms. The summed E-state index contributed by atoms with van der Waals surface area (Å²) < 4.78 is 38.5. The molecule has 2 unspecified atom stereocenters. The fourth-order valence-electron chi connectivity index (χ4n) is 5.63. The first-order valence-electron chi connectivity index (χ1n) is 10.7. The Morgan fingerprint density at radius 2 is 2.00 bits per heavy atom. The maximum Gasteiger partial charge on any atom is 0.481 e. The summed E-state index contributed by atoms with van der Waals surface area (Å²) in [6.45, 7) is 10.3. The zero-order valence-electron chi connectivity index (χ0n) is 18.8. The first-order valence-corrected chi connectivity index (χ1v) is 13.2. The van der Waals surface area contributed by atoms with Crippen LogP contribution in [0.3, 0.4) is 0 Å². The van der Waals surface area contributed by atoms with Gasteiger partial charge in [0.25, 0.3) is 0 Å². The van der Waals surface area contributed by atoms with Crippen LogP contribution >= 0.6 is 15.6 Å². The van der Waals surface area contributed by atoms with Crippen molar-refractivity contribution in [2.45, 2.75) is 72.6 Å². The minimum atomic E-state index is -5.11. The summed E-state index contributed by atoms with van der Waals surface area (Å²) in [4.78, 5) is 26.6. The molecule has 2 aliphatic rings. The molecule has 0 bridgehead atoms. The molecule has 0 amide bonds. The fourth-order valence-corrected chi connectivity index (χ4v) is 7.16. The lowest BCUT2D eigenvalue weighted by atomic mass is 9.47. The van der Waals surface area contributed by atoms with Gasteiger partial charge in [0.05, 0.1) is 7.98 Å². The van der Waals surface area contributed by atoms with Crippen LogP contribution in [-0.2, 0) is 18.0 Å². The van der Waals surface area contributed by atoms with E-state index in [9.17, 15) is 14.0 Å². The second-order valence-corrected chi connectivity index (χ2v) is 12.3. The van der Waals surface area contributed by atoms with Crippen molar-refractivity contribution < 1.29 is 34.0 Å². The molecule has 0 heterocycles. The smallest absolute Gasteiger partial charge is 0.302 e. The molecule has 2 aliphatic carbocycles. The van der Waals surface area contributed by atoms with Crippen LogP contribution in [0.25, 0.3) is 0 Å². The maximum atomic E-state index is 11.5. The Morgan fingerprint density at radius 1 is 1.31 bits per heavy atom. The van der Waals surface area contributed by atoms with E-state index in [-0.39, 0.29) is 12.0 Å². The number of phosphoric acid groups is 2. The van der Waals surface area contributed by atoms with Crippen LogP contribution in [0.2, 0.25) is 0 Å². The zero-order valence-corrected chi connectivity index (χ0v) is 19.6. The van der Waals surface area contributed by atoms with Gasteiger partial charge in [-0.25, -0.2) is 9.13 Å². The van der Waals surface area contributed by atoms with E-state index in [1.807, 2.05) is 6.92 Å². The van der Waals surface area contributed by atoms with Gasteiger partial charge in [-0.1, -0.05) is 51.0 Å². The molecule has 0 aromatic heterocycles. The monoisotopic (exact) mass is 451 g/mol. The average molecular weight is 451 g/mol. The van der Waals surface area contributed by atoms with Crippen LogP contribution in [0.4, 0.5) is 0 Å². The normalized spacial score (nSPS) is 34.4. The Hall–Kier alpha value is -0.260. The Bertz CT molecular complexity index is 773. The van der Waals surface area contributed by atoms with Gasteiger partial charge in [0, 0.05) is 0 Å². The molecule has 0 aromatic carbocycles. The fraction of sp³-hybridized carbons (Fsp3) is 0.800. The average Bonchev–Trinajstić information content (AvgIpc) is 2.56. The lowest BCUT2D eigenvalue weighted by Gasteiger charge is -2.58. The van der Waals surface area contributed by atoms with Gasteiger partial charge in [0.15, 0.2) is 0 Å². The highest BCUT2D eigenvalue weighted by molar-refractivity contribution is 7.60. The minimum absolute atomic E-state index is 0.168. The Labute approximate surface area is 175 Å². The predicted molar refractivity (Wildman–Crippen MR) is 113 cm³/mol. The molecule has 0 saturated heterocycles. The van der Waals surface area contributed by atoms with Gasteiger partial charge in [-0.15, -0.1) is 0 Å². The lowest BCUT2D eigenvalue weighted by molar-refractivity contribution is -0.0539. The SMILES string of the molecule is [2H]C=C1CCC2C(C)(C)CCC[C@]2(C)[C@H]1CC/C(C)=C/COP(=O)(O)OP(=O)(O)O. The van der Waals surface area contributed by atoms with E-state index in [1.165, 1.54) is 31.4 Å². The van der Waals surface area contributed by atoms with Gasteiger partial charge in [-0.2, -0.15) is 4.31 Å². The van der Waals surface area contributed by atoms with Gasteiger partial charge < -0.3 is 14.7 Å². The Morgan fingerprint density at radius 3 is 2.62 bits per heavy atom. The van der Waals surface area contributed by atoms with Crippen molar-refractivity contribution in [1.29, 1.82) is 0 Å². The summed E-state index contributed by atoms with van der Waals surface area (Å²) in [5.41, 5.74) is 2.64. The number of hydrogen-bond acceptors (Lipinski definition) is 4. The van der Waals surface area contributed by atoms with Crippen LogP contribution in [-0.4, -0.2) is 21.3 Å². The Kier molecular flexibility index (Phi) is 7.33. The minimum Gasteiger partial charge on any atom is -0.302 e. The number of allylic oxidation sites excluding steroid dienone is 2. The molecule has 4 atom stereocenters. The quantitative estimate of drug-likeness (QED) is 0.319. The second-order valence-electron chi connectivity index (χ2n) is 9.49. The van der Waals surface area contributed by atoms with Crippen molar-refractivity contribution in [3.8, 4) is 0 Å². The molecule has 168 valence electrons. The molecule has 3 N–H and O–H groups in total. The first-order chi connectivity index (χ1) is 13.7. The van der Waals surface area contributed by atoms with Gasteiger partial charge in [-0.05, 0) is 68.1 Å². The number of hydrogen-bond donors (Lipinski definition) is 3. The molecule has 2 fully saturated rings. The van der Waals surface area contributed by atoms with Gasteiger partial charge in [0.1, 0.15) is 0 Å². The number of phosphoric ester groups is 1. The third-order valence-electron chi connectivity index (χ3n) is 6.95. The molecule has 0 aromatic rings. The zero-order chi connectivity index (χ0) is 22.8. The first kappa shape index (κ1) is 23.4. The highest BCUT2D eigenvalue weighted by Crippen LogP contribution is 2.62. The summed E-state index contributed by atoms with van der Waals surface area (Å²) in [6, 6.07) is 0. The molecule has 2 saturated carbocycles. The maximum absolute atomic E-state index is 11.5. The van der Waals surface area contributed by atoms with Crippen LogP contribution in [0.15, 0.2) is 23.8 Å². The molecule has 7 nitrogen and oxygen atoms in total. The van der Waals surface area contributed by atoms with Crippen molar-refractivity contribution in [3.63, 3.8) is 0 Å². The number of rotatable bonds is 8. The molecule has 2 rings (SSSR count). The van der Waals surface area contributed by atoms with Crippen molar-refractivity contribution in [2.75, 3.05) is 6.61 Å². The summed E-state index contributed by atoms with van der Waals surface area (Å²) in [7, 11) is -9.92. The van der Waals surface area contributed by atoms with Crippen LogP contribution in [0.5, 0.6) is 0 Å². The van der Waals surface area contributed by atoms with Crippen LogP contribution < -0.4 is 0 Å². The molecule has 0 radical (unpaired) electrons. The summed E-state index contributed by atoms with van der Waals surface area (Å²) in [5.74, 6) is 0.963. The van der Waals surface area contributed by atoms with Gasteiger partial charge >= 0.3 is 15.6 Å². The Balaban J connectivity index is 2.02. The second kappa shape index (κ2) is 9.08. The largest absolute Gasteiger partial charge is 0.481 e. The van der Waals surface area contributed by atoms with Gasteiger partial charge in [0.2, 0.25) is 0 Å². The van der Waals surface area contributed by atoms with E-state index >= 15 is 0 Å². The third-order valence-corrected chi connectivity index (χ3v) is 9.10. The molecular formula is C20H36O7P2. The number of fused-ring (bicyclic) bond motifs is 1. The molecular weight excluding hydrogens is 414 g/mol. The predicted octanol–water partition coefficient (Wildman–Crippen LogP) is 5.74. The highest BCUT2D eigenvalue weighted by Gasteiger charge is 2.52. The summed E-state index contributed by atoms with van der Waals surface area (Å²) in [5, 5.41) is 0. The molecule has 29 heavy (non-hydrogen) atoms. The summed E-state index contributed by atoms with van der Waals surface area (Å²) >= 11 is 0. The third kappa shape index (κ3) is 6.61. The van der Waals surface area contributed by atoms with E-state index < -0.39 is 15.6 Å². The van der Waals surface area contributed by atoms with Crippen molar-refractivity contribution >= 4 is 15.6 Å². The molecule has 9 heteroatoms. The molecule has 0 aliphatic heterocycles. The van der Waals surface area contributed by atoms with E-state index in [0.717, 1.165) is 31.3 Å². The van der Waals surface area contributed by atoms with E-state index in [0.29, 0.717) is 17.3 Å². The van der Waals surface area contributed by atoms with Crippen LogP contribution in [0, 0.1) is 22.7 Å². The van der Waals surface area contributed by atoms with Gasteiger partial charge in [-0.3, -0.25) is 4.52 Å². The van der Waals surface area contributed by atoms with Crippen molar-refractivity contribution in [1.82, 2.24) is 0 Å². The standard InChI is InChI=1S/C20H36O7P2/c1-15(11-14-26-29(24,25)27-28(21,22)23)7-9-17-16(2)8-10-18-19(3,4)12-6-13-20(17,18)5/h11,17-18H,2,6-10,12-14H2,1,3-5H3,(H,24,25)(H2,21,22,23)/b15-11+/t17-,18?,20+/m0/s1/i2D/b15-11+,16-2?.